The molecule has 0 radical (unpaired) electrons. The van der Waals surface area contributed by atoms with Gasteiger partial charge in [-0.3, -0.25) is 4.79 Å². The van der Waals surface area contributed by atoms with Crippen LogP contribution in [-0.4, -0.2) is 22.5 Å². The zero-order valence-electron chi connectivity index (χ0n) is 10.4. The van der Waals surface area contributed by atoms with Gasteiger partial charge in [0.25, 0.3) is 5.91 Å². The van der Waals surface area contributed by atoms with Gasteiger partial charge in [-0.1, -0.05) is 19.4 Å². The summed E-state index contributed by atoms with van der Waals surface area (Å²) in [7, 11) is 0. The number of amides is 1. The van der Waals surface area contributed by atoms with Crippen molar-refractivity contribution in [2.24, 2.45) is 0 Å². The predicted octanol–water partition coefficient (Wildman–Crippen LogP) is 2.66. The van der Waals surface area contributed by atoms with Gasteiger partial charge in [0.15, 0.2) is 0 Å². The van der Waals surface area contributed by atoms with Crippen molar-refractivity contribution in [3.05, 3.63) is 33.4 Å². The molecule has 0 heterocycles. The highest BCUT2D eigenvalue weighted by Gasteiger charge is 2.33. The number of carbonyl (C=O) groups is 2. The molecule has 1 aromatic rings. The molecule has 2 N–H and O–H groups in total. The number of benzene rings is 1. The Kier molecular flexibility index (Phi) is 5.13. The number of carbonyl (C=O) groups excluding carboxylic acids is 1. The van der Waals surface area contributed by atoms with Crippen LogP contribution in [0.2, 0.25) is 0 Å². The summed E-state index contributed by atoms with van der Waals surface area (Å²) < 4.78 is 0.938. The van der Waals surface area contributed by atoms with Crippen LogP contribution in [0.1, 0.15) is 37.0 Å². The Balaban J connectivity index is 2.88. The van der Waals surface area contributed by atoms with Crippen LogP contribution in [0.5, 0.6) is 0 Å². The lowest BCUT2D eigenvalue weighted by Crippen LogP contribution is -2.52. The molecule has 4 nitrogen and oxygen atoms in total. The molecule has 0 fully saturated rings. The molecule has 1 atom stereocenters. The van der Waals surface area contributed by atoms with Crippen molar-refractivity contribution in [3.8, 4) is 0 Å². The molecule has 0 aliphatic rings. The summed E-state index contributed by atoms with van der Waals surface area (Å²) in [6, 6.07) is 7.05. The Bertz CT molecular complexity index is 461. The molecule has 98 valence electrons. The number of carboxylic acid groups (broad SMARTS) is 1. The second-order valence-electron chi connectivity index (χ2n) is 4.35. The minimum Gasteiger partial charge on any atom is -0.480 e. The second kappa shape index (κ2) is 6.17. The van der Waals surface area contributed by atoms with Gasteiger partial charge in [-0.15, -0.1) is 0 Å². The Hall–Kier alpha value is -1.11. The molecule has 0 aromatic heterocycles. The molecule has 1 unspecified atom stereocenters. The largest absolute Gasteiger partial charge is 0.480 e. The summed E-state index contributed by atoms with van der Waals surface area (Å²) in [6.45, 7) is 3.42. The quantitative estimate of drug-likeness (QED) is 0.793. The lowest BCUT2D eigenvalue weighted by molar-refractivity contribution is -0.144. The summed E-state index contributed by atoms with van der Waals surface area (Å²) in [5, 5.41) is 11.8. The van der Waals surface area contributed by atoms with Crippen molar-refractivity contribution in [2.45, 2.75) is 32.2 Å². The van der Waals surface area contributed by atoms with Gasteiger partial charge in [0.2, 0.25) is 0 Å². The van der Waals surface area contributed by atoms with E-state index in [9.17, 15) is 14.7 Å². The van der Waals surface area contributed by atoms with Gasteiger partial charge in [-0.25, -0.2) is 4.79 Å². The molecule has 0 aliphatic heterocycles. The van der Waals surface area contributed by atoms with Gasteiger partial charge >= 0.3 is 5.97 Å². The molecule has 5 heteroatoms. The topological polar surface area (TPSA) is 66.4 Å². The SMILES string of the molecule is CCCC(C)(NC(=O)c1cccc(I)c1)C(=O)O. The maximum absolute atomic E-state index is 12.0. The number of hydrogen-bond donors (Lipinski definition) is 2. The average molecular weight is 361 g/mol. The van der Waals surface area contributed by atoms with Crippen LogP contribution in [0.25, 0.3) is 0 Å². The highest BCUT2D eigenvalue weighted by molar-refractivity contribution is 14.1. The maximum Gasteiger partial charge on any atom is 0.329 e. The van der Waals surface area contributed by atoms with E-state index in [4.69, 9.17) is 0 Å². The number of rotatable bonds is 5. The van der Waals surface area contributed by atoms with Crippen LogP contribution in [0.4, 0.5) is 0 Å². The van der Waals surface area contributed by atoms with E-state index >= 15 is 0 Å². The first kappa shape index (κ1) is 14.9. The first-order valence-corrected chi connectivity index (χ1v) is 6.78. The third kappa shape index (κ3) is 3.69. The van der Waals surface area contributed by atoms with Crippen LogP contribution >= 0.6 is 22.6 Å². The minimum atomic E-state index is -1.22. The normalized spacial score (nSPS) is 13.7. The van der Waals surface area contributed by atoms with Gasteiger partial charge in [0.1, 0.15) is 5.54 Å². The Morgan fingerprint density at radius 2 is 2.11 bits per heavy atom. The Labute approximate surface area is 120 Å². The fourth-order valence-corrected chi connectivity index (χ4v) is 2.22. The lowest BCUT2D eigenvalue weighted by Gasteiger charge is -2.25. The van der Waals surface area contributed by atoms with Crippen molar-refractivity contribution in [1.29, 1.82) is 0 Å². The molecule has 1 aromatic carbocycles. The predicted molar refractivity (Wildman–Crippen MR) is 77.6 cm³/mol. The molecular weight excluding hydrogens is 345 g/mol. The number of halogens is 1. The highest BCUT2D eigenvalue weighted by Crippen LogP contribution is 2.15. The number of nitrogens with one attached hydrogen (secondary N) is 1. The fourth-order valence-electron chi connectivity index (χ4n) is 1.68. The molecule has 18 heavy (non-hydrogen) atoms. The molecular formula is C13H16INO3. The van der Waals surface area contributed by atoms with E-state index in [0.29, 0.717) is 18.4 Å². The molecule has 1 rings (SSSR count). The van der Waals surface area contributed by atoms with Crippen LogP contribution in [0.3, 0.4) is 0 Å². The van der Waals surface area contributed by atoms with Crippen molar-refractivity contribution in [2.75, 3.05) is 0 Å². The zero-order valence-corrected chi connectivity index (χ0v) is 12.5. The molecule has 0 spiro atoms. The van der Waals surface area contributed by atoms with Crippen LogP contribution in [0, 0.1) is 3.57 Å². The summed E-state index contributed by atoms with van der Waals surface area (Å²) in [6.07, 6.45) is 1.09. The first-order chi connectivity index (χ1) is 8.39. The lowest BCUT2D eigenvalue weighted by atomic mass is 9.96. The highest BCUT2D eigenvalue weighted by atomic mass is 127. The molecule has 1 amide bonds. The summed E-state index contributed by atoms with van der Waals surface area (Å²) in [5.74, 6) is -1.37. The molecule has 0 saturated carbocycles. The van der Waals surface area contributed by atoms with Crippen molar-refractivity contribution in [3.63, 3.8) is 0 Å². The third-order valence-electron chi connectivity index (χ3n) is 2.70. The van der Waals surface area contributed by atoms with Crippen molar-refractivity contribution < 1.29 is 14.7 Å². The molecule has 0 bridgehead atoms. The fraction of sp³-hybridized carbons (Fsp3) is 0.385. The van der Waals surface area contributed by atoms with E-state index in [1.807, 2.05) is 13.0 Å². The maximum atomic E-state index is 12.0. The van der Waals surface area contributed by atoms with Crippen molar-refractivity contribution in [1.82, 2.24) is 5.32 Å². The van der Waals surface area contributed by atoms with E-state index in [2.05, 4.69) is 27.9 Å². The average Bonchev–Trinajstić information content (AvgIpc) is 2.29. The summed E-state index contributed by atoms with van der Waals surface area (Å²) in [4.78, 5) is 23.2. The van der Waals surface area contributed by atoms with E-state index in [1.54, 1.807) is 18.2 Å². The van der Waals surface area contributed by atoms with E-state index in [-0.39, 0.29) is 5.91 Å². The van der Waals surface area contributed by atoms with Crippen LogP contribution < -0.4 is 5.32 Å². The monoisotopic (exact) mass is 361 g/mol. The van der Waals surface area contributed by atoms with Gasteiger partial charge in [0, 0.05) is 9.13 Å². The van der Waals surface area contributed by atoms with E-state index < -0.39 is 11.5 Å². The molecule has 0 aliphatic carbocycles. The number of carboxylic acids is 1. The molecule has 0 saturated heterocycles. The first-order valence-electron chi connectivity index (χ1n) is 5.70. The van der Waals surface area contributed by atoms with Gasteiger partial charge in [0.05, 0.1) is 0 Å². The van der Waals surface area contributed by atoms with Crippen LogP contribution in [-0.2, 0) is 4.79 Å². The Morgan fingerprint density at radius 3 is 2.61 bits per heavy atom. The smallest absolute Gasteiger partial charge is 0.329 e. The summed E-state index contributed by atoms with van der Waals surface area (Å²) in [5.41, 5.74) is -0.738. The summed E-state index contributed by atoms with van der Waals surface area (Å²) >= 11 is 2.11. The van der Waals surface area contributed by atoms with E-state index in [1.165, 1.54) is 6.92 Å². The van der Waals surface area contributed by atoms with Gasteiger partial charge < -0.3 is 10.4 Å². The van der Waals surface area contributed by atoms with Gasteiger partial charge in [-0.05, 0) is 54.1 Å². The number of aliphatic carboxylic acids is 1. The Morgan fingerprint density at radius 1 is 1.44 bits per heavy atom. The van der Waals surface area contributed by atoms with Crippen molar-refractivity contribution >= 4 is 34.5 Å². The number of hydrogen-bond acceptors (Lipinski definition) is 2. The standard InChI is InChI=1S/C13H16INO3/c1-3-7-13(2,12(17)18)15-11(16)9-5-4-6-10(14)8-9/h4-6,8H,3,7H2,1-2H3,(H,15,16)(H,17,18). The van der Waals surface area contributed by atoms with Gasteiger partial charge in [-0.2, -0.15) is 0 Å². The van der Waals surface area contributed by atoms with Crippen LogP contribution in [0.15, 0.2) is 24.3 Å². The second-order valence-corrected chi connectivity index (χ2v) is 5.60. The minimum absolute atomic E-state index is 0.355. The third-order valence-corrected chi connectivity index (χ3v) is 3.37. The van der Waals surface area contributed by atoms with E-state index in [0.717, 1.165) is 3.57 Å². The zero-order chi connectivity index (χ0) is 13.8.